The lowest BCUT2D eigenvalue weighted by molar-refractivity contribution is -0.135. The molecule has 3 N–H and O–H groups in total. The van der Waals surface area contributed by atoms with Gasteiger partial charge in [-0.05, 0) is 43.5 Å². The van der Waals surface area contributed by atoms with Crippen LogP contribution in [0.3, 0.4) is 0 Å². The molecular formula is C17H21Cl2N3O2. The summed E-state index contributed by atoms with van der Waals surface area (Å²) in [7, 11) is 0. The van der Waals surface area contributed by atoms with Gasteiger partial charge in [-0.15, -0.1) is 0 Å². The van der Waals surface area contributed by atoms with Crippen molar-refractivity contribution in [3.05, 3.63) is 28.2 Å². The lowest BCUT2D eigenvalue weighted by Crippen LogP contribution is -2.49. The fraction of sp³-hybridized carbons (Fsp3) is 0.529. The zero-order chi connectivity index (χ0) is 17.2. The maximum absolute atomic E-state index is 12.7. The molecule has 2 aliphatic rings. The first-order valence-electron chi connectivity index (χ1n) is 8.25. The molecule has 24 heavy (non-hydrogen) atoms. The summed E-state index contributed by atoms with van der Waals surface area (Å²) in [6.07, 6.45) is 4.20. The van der Waals surface area contributed by atoms with E-state index in [1.165, 1.54) is 6.42 Å². The zero-order valence-corrected chi connectivity index (χ0v) is 14.8. The first-order chi connectivity index (χ1) is 11.5. The fourth-order valence-corrected chi connectivity index (χ4v) is 4.15. The van der Waals surface area contributed by atoms with Crippen LogP contribution in [0.2, 0.25) is 10.0 Å². The quantitative estimate of drug-likeness (QED) is 0.763. The summed E-state index contributed by atoms with van der Waals surface area (Å²) >= 11 is 11.9. The van der Waals surface area contributed by atoms with E-state index < -0.39 is 0 Å². The molecule has 1 heterocycles. The second-order valence-electron chi connectivity index (χ2n) is 6.58. The van der Waals surface area contributed by atoms with Crippen LogP contribution in [0, 0.1) is 11.3 Å². The van der Waals surface area contributed by atoms with Gasteiger partial charge in [0.05, 0.1) is 22.7 Å². The van der Waals surface area contributed by atoms with Crippen LogP contribution in [-0.4, -0.2) is 31.4 Å². The summed E-state index contributed by atoms with van der Waals surface area (Å²) < 4.78 is 0. The van der Waals surface area contributed by atoms with Gasteiger partial charge in [0.15, 0.2) is 0 Å². The highest BCUT2D eigenvalue weighted by Crippen LogP contribution is 2.43. The summed E-state index contributed by atoms with van der Waals surface area (Å²) in [6, 6.07) is 4.85. The van der Waals surface area contributed by atoms with Gasteiger partial charge in [-0.3, -0.25) is 9.59 Å². The monoisotopic (exact) mass is 369 g/mol. The molecule has 2 fully saturated rings. The third kappa shape index (κ3) is 3.53. The summed E-state index contributed by atoms with van der Waals surface area (Å²) in [5.41, 5.74) is 0.0892. The number of amides is 2. The van der Waals surface area contributed by atoms with Gasteiger partial charge in [0, 0.05) is 11.6 Å². The van der Waals surface area contributed by atoms with Crippen molar-refractivity contribution in [2.45, 2.75) is 25.7 Å². The Morgan fingerprint density at radius 3 is 2.96 bits per heavy atom. The molecule has 130 valence electrons. The van der Waals surface area contributed by atoms with Gasteiger partial charge in [0.1, 0.15) is 0 Å². The predicted octanol–water partition coefficient (Wildman–Crippen LogP) is 2.83. The molecule has 7 heteroatoms. The van der Waals surface area contributed by atoms with Crippen LogP contribution in [0.25, 0.3) is 0 Å². The molecule has 2 amide bonds. The smallest absolute Gasteiger partial charge is 0.243 e. The van der Waals surface area contributed by atoms with Crippen LogP contribution in [0.5, 0.6) is 0 Å². The molecule has 3 rings (SSSR count). The molecule has 0 spiro atoms. The number of carbonyl (C=O) groups is 2. The molecule has 0 radical (unpaired) electrons. The Balaban J connectivity index is 1.58. The Hall–Kier alpha value is -1.30. The Morgan fingerprint density at radius 2 is 2.12 bits per heavy atom. The molecule has 2 atom stereocenters. The molecule has 1 saturated carbocycles. The lowest BCUT2D eigenvalue weighted by atomic mass is 9.67. The van der Waals surface area contributed by atoms with E-state index in [4.69, 9.17) is 23.2 Å². The van der Waals surface area contributed by atoms with Gasteiger partial charge in [-0.1, -0.05) is 36.0 Å². The van der Waals surface area contributed by atoms with Crippen LogP contribution in [0.1, 0.15) is 25.7 Å². The van der Waals surface area contributed by atoms with Crippen LogP contribution < -0.4 is 16.0 Å². The highest BCUT2D eigenvalue weighted by atomic mass is 35.5. The lowest BCUT2D eigenvalue weighted by Gasteiger charge is -2.37. The second-order valence-corrected chi connectivity index (χ2v) is 7.43. The van der Waals surface area contributed by atoms with Gasteiger partial charge < -0.3 is 16.0 Å². The molecule has 1 aromatic carbocycles. The van der Waals surface area contributed by atoms with Crippen LogP contribution >= 0.6 is 23.2 Å². The van der Waals surface area contributed by atoms with E-state index in [2.05, 4.69) is 16.0 Å². The van der Waals surface area contributed by atoms with Crippen molar-refractivity contribution in [3.63, 3.8) is 0 Å². The number of halogens is 2. The van der Waals surface area contributed by atoms with Gasteiger partial charge >= 0.3 is 0 Å². The SMILES string of the molecule is O=C(CNC(=O)[C@@]12CCCC[C@H]1CNC2)Nc1cc(Cl)ccc1Cl. The van der Waals surface area contributed by atoms with E-state index >= 15 is 0 Å². The molecular weight excluding hydrogens is 349 g/mol. The third-order valence-electron chi connectivity index (χ3n) is 5.10. The first kappa shape index (κ1) is 17.5. The summed E-state index contributed by atoms with van der Waals surface area (Å²) in [4.78, 5) is 24.8. The second kappa shape index (κ2) is 7.30. The first-order valence-corrected chi connectivity index (χ1v) is 9.01. The molecule has 1 aromatic rings. The molecule has 0 aromatic heterocycles. The van der Waals surface area contributed by atoms with Crippen molar-refractivity contribution in [1.29, 1.82) is 0 Å². The van der Waals surface area contributed by atoms with E-state index in [-0.39, 0.29) is 23.8 Å². The number of anilines is 1. The number of hydrogen-bond acceptors (Lipinski definition) is 3. The average molecular weight is 370 g/mol. The minimum atomic E-state index is -0.355. The number of nitrogens with one attached hydrogen (secondary N) is 3. The maximum atomic E-state index is 12.7. The molecule has 5 nitrogen and oxygen atoms in total. The van der Waals surface area contributed by atoms with Crippen molar-refractivity contribution in [1.82, 2.24) is 10.6 Å². The van der Waals surface area contributed by atoms with Crippen LogP contribution in [0.15, 0.2) is 18.2 Å². The number of rotatable bonds is 4. The van der Waals surface area contributed by atoms with Gasteiger partial charge in [0.2, 0.25) is 11.8 Å². The van der Waals surface area contributed by atoms with Gasteiger partial charge in [-0.25, -0.2) is 0 Å². The Bertz CT molecular complexity index is 653. The zero-order valence-electron chi connectivity index (χ0n) is 13.3. The standard InChI is InChI=1S/C17H21Cl2N3O2/c18-12-4-5-13(19)14(7-12)22-15(23)9-21-16(24)17-6-2-1-3-11(17)8-20-10-17/h4-5,7,11,20H,1-3,6,8-10H2,(H,21,24)(H,22,23)/t11-,17+/m0/s1. The number of carbonyl (C=O) groups excluding carboxylic acids is 2. The summed E-state index contributed by atoms with van der Waals surface area (Å²) in [5.74, 6) is 0.0310. The summed E-state index contributed by atoms with van der Waals surface area (Å²) in [6.45, 7) is 1.51. The minimum absolute atomic E-state index is 0.0236. The fourth-order valence-electron chi connectivity index (χ4n) is 3.81. The van der Waals surface area contributed by atoms with Crippen molar-refractivity contribution in [2.24, 2.45) is 11.3 Å². The van der Waals surface area contributed by atoms with Crippen molar-refractivity contribution >= 4 is 40.7 Å². The van der Waals surface area contributed by atoms with E-state index in [9.17, 15) is 9.59 Å². The molecule has 1 aliphatic carbocycles. The number of fused-ring (bicyclic) bond motifs is 1. The number of hydrogen-bond donors (Lipinski definition) is 3. The van der Waals surface area contributed by atoms with Crippen molar-refractivity contribution in [2.75, 3.05) is 25.0 Å². The third-order valence-corrected chi connectivity index (χ3v) is 5.67. The Morgan fingerprint density at radius 1 is 1.29 bits per heavy atom. The van der Waals surface area contributed by atoms with E-state index in [0.717, 1.165) is 25.8 Å². The largest absolute Gasteiger partial charge is 0.346 e. The highest BCUT2D eigenvalue weighted by molar-refractivity contribution is 6.35. The van der Waals surface area contributed by atoms with Crippen molar-refractivity contribution < 1.29 is 9.59 Å². The Kier molecular flexibility index (Phi) is 5.33. The van der Waals surface area contributed by atoms with Crippen molar-refractivity contribution in [3.8, 4) is 0 Å². The van der Waals surface area contributed by atoms with E-state index in [1.54, 1.807) is 18.2 Å². The summed E-state index contributed by atoms with van der Waals surface area (Å²) in [5, 5.41) is 9.71. The molecule has 0 unspecified atom stereocenters. The molecule has 1 aliphatic heterocycles. The van der Waals surface area contributed by atoms with Gasteiger partial charge in [0.25, 0.3) is 0 Å². The average Bonchev–Trinajstić information content (AvgIpc) is 3.01. The Labute approximate surface area is 151 Å². The highest BCUT2D eigenvalue weighted by Gasteiger charge is 2.49. The van der Waals surface area contributed by atoms with E-state index in [1.807, 2.05) is 0 Å². The normalized spacial score (nSPS) is 25.8. The predicted molar refractivity (Wildman–Crippen MR) is 95.4 cm³/mol. The topological polar surface area (TPSA) is 70.2 Å². The maximum Gasteiger partial charge on any atom is 0.243 e. The van der Waals surface area contributed by atoms with Crippen LogP contribution in [0.4, 0.5) is 5.69 Å². The number of benzene rings is 1. The van der Waals surface area contributed by atoms with E-state index in [0.29, 0.717) is 28.2 Å². The minimum Gasteiger partial charge on any atom is -0.346 e. The van der Waals surface area contributed by atoms with Crippen LogP contribution in [-0.2, 0) is 9.59 Å². The molecule has 0 bridgehead atoms. The van der Waals surface area contributed by atoms with Gasteiger partial charge in [-0.2, -0.15) is 0 Å². The molecule has 1 saturated heterocycles.